The van der Waals surface area contributed by atoms with Crippen LogP contribution >= 0.6 is 0 Å². The van der Waals surface area contributed by atoms with Gasteiger partial charge in [-0.2, -0.15) is 13.2 Å². The van der Waals surface area contributed by atoms with E-state index in [4.69, 9.17) is 9.47 Å². The largest absolute Gasteiger partial charge is 0.484 e. The van der Waals surface area contributed by atoms with Crippen LogP contribution in [-0.4, -0.2) is 45.5 Å². The summed E-state index contributed by atoms with van der Waals surface area (Å²) in [7, 11) is 1.55. The van der Waals surface area contributed by atoms with E-state index in [-0.39, 0.29) is 18.2 Å². The highest BCUT2D eigenvalue weighted by Crippen LogP contribution is 2.27. The van der Waals surface area contributed by atoms with E-state index >= 15 is 0 Å². The van der Waals surface area contributed by atoms with E-state index < -0.39 is 12.8 Å². The lowest BCUT2D eigenvalue weighted by atomic mass is 10.2. The van der Waals surface area contributed by atoms with E-state index in [2.05, 4.69) is 10.6 Å². The third-order valence-electron chi connectivity index (χ3n) is 2.72. The number of alkyl halides is 3. The first-order valence-corrected chi connectivity index (χ1v) is 6.62. The van der Waals surface area contributed by atoms with Gasteiger partial charge in [0.15, 0.2) is 6.61 Å². The van der Waals surface area contributed by atoms with Crippen molar-refractivity contribution >= 4 is 11.6 Å². The summed E-state index contributed by atoms with van der Waals surface area (Å²) in [5.74, 6) is -0.213. The molecule has 0 aliphatic carbocycles. The van der Waals surface area contributed by atoms with Gasteiger partial charge in [-0.25, -0.2) is 0 Å². The number of methoxy groups -OCH3 is 1. The molecule has 0 aliphatic heterocycles. The van der Waals surface area contributed by atoms with Crippen LogP contribution in [-0.2, 0) is 9.53 Å². The molecule has 1 rings (SSSR count). The molecule has 0 fully saturated rings. The van der Waals surface area contributed by atoms with Crippen LogP contribution in [0.3, 0.4) is 0 Å². The van der Waals surface area contributed by atoms with Crippen molar-refractivity contribution in [1.29, 1.82) is 0 Å². The van der Waals surface area contributed by atoms with Crippen molar-refractivity contribution in [3.63, 3.8) is 0 Å². The van der Waals surface area contributed by atoms with E-state index in [0.717, 1.165) is 0 Å². The molecule has 0 atom stereocenters. The Labute approximate surface area is 126 Å². The zero-order valence-electron chi connectivity index (χ0n) is 12.4. The monoisotopic (exact) mass is 320 g/mol. The summed E-state index contributed by atoms with van der Waals surface area (Å²) in [6.07, 6.45) is -4.41. The van der Waals surface area contributed by atoms with E-state index in [1.54, 1.807) is 20.1 Å². The summed E-state index contributed by atoms with van der Waals surface area (Å²) >= 11 is 0. The zero-order chi connectivity index (χ0) is 16.6. The summed E-state index contributed by atoms with van der Waals surface area (Å²) in [4.78, 5) is 11.7. The Bertz CT molecular complexity index is 493. The molecule has 0 heterocycles. The molecular weight excluding hydrogens is 301 g/mol. The number of benzene rings is 1. The molecular formula is C14H19F3N2O3. The predicted molar refractivity (Wildman–Crippen MR) is 76.1 cm³/mol. The lowest BCUT2D eigenvalue weighted by molar-refractivity contribution is -0.153. The van der Waals surface area contributed by atoms with Crippen molar-refractivity contribution in [3.8, 4) is 5.75 Å². The Morgan fingerprint density at radius 1 is 1.32 bits per heavy atom. The first-order valence-electron chi connectivity index (χ1n) is 6.62. The van der Waals surface area contributed by atoms with Gasteiger partial charge in [-0.05, 0) is 19.1 Å². The highest BCUT2D eigenvalue weighted by Gasteiger charge is 2.28. The maximum absolute atomic E-state index is 12.2. The van der Waals surface area contributed by atoms with Gasteiger partial charge in [0.25, 0.3) is 0 Å². The number of halogens is 3. The third-order valence-corrected chi connectivity index (χ3v) is 2.72. The molecule has 0 spiro atoms. The molecule has 0 unspecified atom stereocenters. The van der Waals surface area contributed by atoms with Crippen molar-refractivity contribution in [2.45, 2.75) is 13.1 Å². The maximum Gasteiger partial charge on any atom is 0.422 e. The van der Waals surface area contributed by atoms with Crippen molar-refractivity contribution in [2.24, 2.45) is 0 Å². The third kappa shape index (κ3) is 6.77. The molecule has 1 aromatic carbocycles. The average molecular weight is 320 g/mol. The Hall–Kier alpha value is -1.80. The van der Waals surface area contributed by atoms with Gasteiger partial charge in [-0.3, -0.25) is 4.79 Å². The van der Waals surface area contributed by atoms with Crippen LogP contribution in [0.4, 0.5) is 18.9 Å². The van der Waals surface area contributed by atoms with Crippen molar-refractivity contribution in [2.75, 3.05) is 38.7 Å². The van der Waals surface area contributed by atoms with Gasteiger partial charge in [0.2, 0.25) is 5.91 Å². The van der Waals surface area contributed by atoms with E-state index in [1.165, 1.54) is 12.1 Å². The lowest BCUT2D eigenvalue weighted by Gasteiger charge is -2.14. The number of carbonyl (C=O) groups excluding carboxylic acids is 1. The SMILES string of the molecule is COCCNCC(=O)Nc1cccc(OCC(F)(F)F)c1C. The van der Waals surface area contributed by atoms with Crippen LogP contribution in [0.5, 0.6) is 5.75 Å². The quantitative estimate of drug-likeness (QED) is 0.720. The van der Waals surface area contributed by atoms with E-state index in [0.29, 0.717) is 24.4 Å². The Morgan fingerprint density at radius 3 is 2.68 bits per heavy atom. The van der Waals surface area contributed by atoms with Crippen LogP contribution in [0.2, 0.25) is 0 Å². The normalized spacial score (nSPS) is 11.3. The minimum absolute atomic E-state index is 0.0798. The molecule has 0 bridgehead atoms. The lowest BCUT2D eigenvalue weighted by Crippen LogP contribution is -2.30. The molecule has 1 aromatic rings. The molecule has 0 saturated carbocycles. The molecule has 8 heteroatoms. The Balaban J connectivity index is 2.58. The van der Waals surface area contributed by atoms with Crippen molar-refractivity contribution in [1.82, 2.24) is 5.32 Å². The standard InChI is InChI=1S/C14H19F3N2O3/c1-10-11(19-13(20)8-18-6-7-21-2)4-3-5-12(10)22-9-14(15,16)17/h3-5,18H,6-9H2,1-2H3,(H,19,20). The van der Waals surface area contributed by atoms with Gasteiger partial charge in [-0.15, -0.1) is 0 Å². The zero-order valence-corrected chi connectivity index (χ0v) is 12.4. The second kappa shape index (κ2) is 8.60. The molecule has 0 aliphatic rings. The number of nitrogens with one attached hydrogen (secondary N) is 2. The fourth-order valence-electron chi connectivity index (χ4n) is 1.64. The van der Waals surface area contributed by atoms with Gasteiger partial charge in [0.1, 0.15) is 5.75 Å². The highest BCUT2D eigenvalue weighted by atomic mass is 19.4. The maximum atomic E-state index is 12.2. The second-order valence-electron chi connectivity index (χ2n) is 4.55. The molecule has 5 nitrogen and oxygen atoms in total. The number of hydrogen-bond donors (Lipinski definition) is 2. The second-order valence-corrected chi connectivity index (χ2v) is 4.55. The van der Waals surface area contributed by atoms with Gasteiger partial charge >= 0.3 is 6.18 Å². The number of hydrogen-bond acceptors (Lipinski definition) is 4. The number of ether oxygens (including phenoxy) is 2. The first-order chi connectivity index (χ1) is 10.3. The minimum Gasteiger partial charge on any atom is -0.484 e. The van der Waals surface area contributed by atoms with Crippen LogP contribution in [0.25, 0.3) is 0 Å². The average Bonchev–Trinajstić information content (AvgIpc) is 2.44. The molecule has 22 heavy (non-hydrogen) atoms. The molecule has 124 valence electrons. The topological polar surface area (TPSA) is 59.6 Å². The van der Waals surface area contributed by atoms with Gasteiger partial charge < -0.3 is 20.1 Å². The number of anilines is 1. The van der Waals surface area contributed by atoms with E-state index in [1.807, 2.05) is 0 Å². The predicted octanol–water partition coefficient (Wildman–Crippen LogP) is 2.11. The summed E-state index contributed by atoms with van der Waals surface area (Å²) in [5.41, 5.74) is 0.857. The fourth-order valence-corrected chi connectivity index (χ4v) is 1.64. The summed E-state index contributed by atoms with van der Waals surface area (Å²) in [6, 6.07) is 4.54. The van der Waals surface area contributed by atoms with Crippen LogP contribution < -0.4 is 15.4 Å². The Morgan fingerprint density at radius 2 is 2.05 bits per heavy atom. The summed E-state index contributed by atoms with van der Waals surface area (Å²) in [6.45, 7) is 1.30. The van der Waals surface area contributed by atoms with Crippen molar-refractivity contribution < 1.29 is 27.4 Å². The van der Waals surface area contributed by atoms with E-state index in [9.17, 15) is 18.0 Å². The summed E-state index contributed by atoms with van der Waals surface area (Å²) in [5, 5.41) is 5.49. The smallest absolute Gasteiger partial charge is 0.422 e. The van der Waals surface area contributed by atoms with Gasteiger partial charge in [0, 0.05) is 24.9 Å². The molecule has 0 saturated heterocycles. The van der Waals surface area contributed by atoms with Crippen LogP contribution in [0.15, 0.2) is 18.2 Å². The van der Waals surface area contributed by atoms with Crippen molar-refractivity contribution in [3.05, 3.63) is 23.8 Å². The number of amides is 1. The Kier molecular flexibility index (Phi) is 7.13. The molecule has 2 N–H and O–H groups in total. The number of carbonyl (C=O) groups is 1. The molecule has 0 radical (unpaired) electrons. The number of rotatable bonds is 8. The molecule has 0 aromatic heterocycles. The van der Waals surface area contributed by atoms with Gasteiger partial charge in [0.05, 0.1) is 13.2 Å². The fraction of sp³-hybridized carbons (Fsp3) is 0.500. The van der Waals surface area contributed by atoms with Crippen LogP contribution in [0, 0.1) is 6.92 Å². The van der Waals surface area contributed by atoms with Gasteiger partial charge in [-0.1, -0.05) is 6.07 Å². The highest BCUT2D eigenvalue weighted by molar-refractivity contribution is 5.93. The van der Waals surface area contributed by atoms with Crippen LogP contribution in [0.1, 0.15) is 5.56 Å². The first kappa shape index (κ1) is 18.2. The minimum atomic E-state index is -4.41. The summed E-state index contributed by atoms with van der Waals surface area (Å²) < 4.78 is 46.1. The molecule has 1 amide bonds.